The maximum absolute atomic E-state index is 13.8. The fourth-order valence-corrected chi connectivity index (χ4v) is 1.85. The van der Waals surface area contributed by atoms with Gasteiger partial charge in [0, 0.05) is 17.3 Å². The Bertz CT molecular complexity index is 582. The minimum Gasteiger partial charge on any atom is -0.381 e. The molecule has 0 fully saturated rings. The molecule has 1 atom stereocenters. The van der Waals surface area contributed by atoms with Gasteiger partial charge in [-0.15, -0.1) is 0 Å². The highest BCUT2D eigenvalue weighted by Gasteiger charge is 2.29. The number of pyridine rings is 1. The van der Waals surface area contributed by atoms with Crippen LogP contribution in [0, 0.1) is 18.6 Å². The number of aliphatic hydroxyl groups is 1. The first kappa shape index (κ1) is 12.6. The minimum atomic E-state index is -1.62. The molecule has 0 saturated heterocycles. The summed E-state index contributed by atoms with van der Waals surface area (Å²) in [5.41, 5.74) is -0.483. The van der Waals surface area contributed by atoms with Gasteiger partial charge in [-0.25, -0.2) is 8.78 Å². The lowest BCUT2D eigenvalue weighted by Gasteiger charge is -2.25. The molecule has 1 aromatic heterocycles. The van der Waals surface area contributed by atoms with E-state index in [9.17, 15) is 13.9 Å². The highest BCUT2D eigenvalue weighted by atomic mass is 19.1. The molecule has 1 N–H and O–H groups in total. The van der Waals surface area contributed by atoms with Gasteiger partial charge in [0.1, 0.15) is 17.2 Å². The van der Waals surface area contributed by atoms with E-state index >= 15 is 0 Å². The number of benzene rings is 1. The van der Waals surface area contributed by atoms with Crippen LogP contribution in [-0.2, 0) is 5.60 Å². The van der Waals surface area contributed by atoms with Crippen LogP contribution in [0.5, 0.6) is 0 Å². The standard InChI is InChI=1S/C14H13F2NO/c1-9-3-4-13(16)12(5-9)14(2,18)10-6-11(15)8-17-7-10/h3-8,18H,1-2H3. The van der Waals surface area contributed by atoms with Crippen LogP contribution in [-0.4, -0.2) is 10.1 Å². The second-order valence-electron chi connectivity index (χ2n) is 4.45. The summed E-state index contributed by atoms with van der Waals surface area (Å²) in [6, 6.07) is 5.58. The van der Waals surface area contributed by atoms with Crippen LogP contribution in [0.15, 0.2) is 36.7 Å². The van der Waals surface area contributed by atoms with E-state index in [4.69, 9.17) is 0 Å². The SMILES string of the molecule is Cc1ccc(F)c(C(C)(O)c2cncc(F)c2)c1. The van der Waals surface area contributed by atoms with E-state index in [1.165, 1.54) is 19.2 Å². The third-order valence-corrected chi connectivity index (χ3v) is 2.91. The van der Waals surface area contributed by atoms with E-state index in [2.05, 4.69) is 4.98 Å². The molecule has 1 heterocycles. The van der Waals surface area contributed by atoms with Crippen molar-refractivity contribution >= 4 is 0 Å². The van der Waals surface area contributed by atoms with Crippen molar-refractivity contribution in [3.63, 3.8) is 0 Å². The average Bonchev–Trinajstić information content (AvgIpc) is 2.32. The van der Waals surface area contributed by atoms with Crippen molar-refractivity contribution in [1.82, 2.24) is 4.98 Å². The van der Waals surface area contributed by atoms with Crippen molar-refractivity contribution in [2.45, 2.75) is 19.4 Å². The Morgan fingerprint density at radius 3 is 2.56 bits per heavy atom. The van der Waals surface area contributed by atoms with Gasteiger partial charge >= 0.3 is 0 Å². The Kier molecular flexibility index (Phi) is 3.13. The Balaban J connectivity index is 2.57. The van der Waals surface area contributed by atoms with Crippen LogP contribution in [0.4, 0.5) is 8.78 Å². The molecular weight excluding hydrogens is 236 g/mol. The van der Waals surface area contributed by atoms with Crippen molar-refractivity contribution in [3.05, 3.63) is 65.0 Å². The fourth-order valence-electron chi connectivity index (χ4n) is 1.85. The maximum Gasteiger partial charge on any atom is 0.141 e. The molecule has 0 amide bonds. The number of aromatic nitrogens is 1. The minimum absolute atomic E-state index is 0.106. The molecule has 2 rings (SSSR count). The Hall–Kier alpha value is -1.81. The van der Waals surface area contributed by atoms with Crippen LogP contribution in [0.2, 0.25) is 0 Å². The molecule has 2 aromatic rings. The summed E-state index contributed by atoms with van der Waals surface area (Å²) in [6.45, 7) is 3.21. The molecule has 0 spiro atoms. The zero-order valence-corrected chi connectivity index (χ0v) is 10.1. The lowest BCUT2D eigenvalue weighted by atomic mass is 9.88. The number of hydrogen-bond acceptors (Lipinski definition) is 2. The smallest absolute Gasteiger partial charge is 0.141 e. The summed E-state index contributed by atoms with van der Waals surface area (Å²) in [5, 5.41) is 10.4. The number of aryl methyl sites for hydroxylation is 1. The van der Waals surface area contributed by atoms with Crippen molar-refractivity contribution in [2.75, 3.05) is 0 Å². The second-order valence-corrected chi connectivity index (χ2v) is 4.45. The van der Waals surface area contributed by atoms with Gasteiger partial charge in [-0.2, -0.15) is 0 Å². The number of rotatable bonds is 2. The van der Waals surface area contributed by atoms with E-state index in [1.54, 1.807) is 19.1 Å². The van der Waals surface area contributed by atoms with E-state index in [0.29, 0.717) is 0 Å². The third-order valence-electron chi connectivity index (χ3n) is 2.91. The van der Waals surface area contributed by atoms with E-state index in [1.807, 2.05) is 0 Å². The lowest BCUT2D eigenvalue weighted by molar-refractivity contribution is 0.0971. The molecule has 0 radical (unpaired) electrons. The van der Waals surface area contributed by atoms with Crippen molar-refractivity contribution < 1.29 is 13.9 Å². The van der Waals surface area contributed by atoms with Gasteiger partial charge in [0.2, 0.25) is 0 Å². The molecule has 0 bridgehead atoms. The molecule has 4 heteroatoms. The zero-order valence-electron chi connectivity index (χ0n) is 10.1. The number of nitrogens with zero attached hydrogens (tertiary/aromatic N) is 1. The quantitative estimate of drug-likeness (QED) is 0.887. The molecule has 0 aliphatic rings. The van der Waals surface area contributed by atoms with E-state index in [-0.39, 0.29) is 11.1 Å². The summed E-state index contributed by atoms with van der Waals surface area (Å²) in [6.07, 6.45) is 2.36. The van der Waals surface area contributed by atoms with Gasteiger partial charge < -0.3 is 5.11 Å². The second kappa shape index (κ2) is 4.46. The summed E-state index contributed by atoms with van der Waals surface area (Å²) in [4.78, 5) is 3.67. The summed E-state index contributed by atoms with van der Waals surface area (Å²) >= 11 is 0. The first-order chi connectivity index (χ1) is 8.41. The zero-order chi connectivity index (χ0) is 13.3. The predicted molar refractivity (Wildman–Crippen MR) is 64.0 cm³/mol. The van der Waals surface area contributed by atoms with Crippen molar-refractivity contribution in [1.29, 1.82) is 0 Å². The van der Waals surface area contributed by atoms with Gasteiger partial charge in [0.25, 0.3) is 0 Å². The highest BCUT2D eigenvalue weighted by molar-refractivity contribution is 5.36. The Labute approximate surface area is 104 Å². The molecule has 18 heavy (non-hydrogen) atoms. The molecule has 1 aromatic carbocycles. The summed E-state index contributed by atoms with van der Waals surface area (Å²) < 4.78 is 26.9. The molecular formula is C14H13F2NO. The monoisotopic (exact) mass is 249 g/mol. The van der Waals surface area contributed by atoms with E-state index < -0.39 is 17.2 Å². The summed E-state index contributed by atoms with van der Waals surface area (Å²) in [7, 11) is 0. The van der Waals surface area contributed by atoms with Crippen LogP contribution in [0.3, 0.4) is 0 Å². The normalized spacial score (nSPS) is 14.3. The van der Waals surface area contributed by atoms with Gasteiger partial charge in [0.15, 0.2) is 0 Å². The van der Waals surface area contributed by atoms with Gasteiger partial charge in [-0.1, -0.05) is 11.6 Å². The van der Waals surface area contributed by atoms with Crippen molar-refractivity contribution in [2.24, 2.45) is 0 Å². The molecule has 0 saturated carbocycles. The van der Waals surface area contributed by atoms with Crippen molar-refractivity contribution in [3.8, 4) is 0 Å². The highest BCUT2D eigenvalue weighted by Crippen LogP contribution is 2.31. The largest absolute Gasteiger partial charge is 0.381 e. The Morgan fingerprint density at radius 2 is 1.89 bits per heavy atom. The van der Waals surface area contributed by atoms with Gasteiger partial charge in [0.05, 0.1) is 6.20 Å². The third kappa shape index (κ3) is 2.24. The number of halogens is 2. The molecule has 2 nitrogen and oxygen atoms in total. The number of hydrogen-bond donors (Lipinski definition) is 1. The van der Waals surface area contributed by atoms with Gasteiger partial charge in [-0.05, 0) is 32.0 Å². The molecule has 0 aliphatic carbocycles. The maximum atomic E-state index is 13.8. The molecule has 94 valence electrons. The lowest BCUT2D eigenvalue weighted by Crippen LogP contribution is -2.25. The Morgan fingerprint density at radius 1 is 1.17 bits per heavy atom. The first-order valence-electron chi connectivity index (χ1n) is 5.51. The predicted octanol–water partition coefficient (Wildman–Crippen LogP) is 2.92. The van der Waals surface area contributed by atoms with Gasteiger partial charge in [-0.3, -0.25) is 4.98 Å². The van der Waals surface area contributed by atoms with Crippen LogP contribution in [0.25, 0.3) is 0 Å². The van der Waals surface area contributed by atoms with Crippen LogP contribution < -0.4 is 0 Å². The average molecular weight is 249 g/mol. The molecule has 0 aliphatic heterocycles. The van der Waals surface area contributed by atoms with E-state index in [0.717, 1.165) is 17.8 Å². The first-order valence-corrected chi connectivity index (χ1v) is 5.51. The van der Waals surface area contributed by atoms with Crippen LogP contribution in [0.1, 0.15) is 23.6 Å². The topological polar surface area (TPSA) is 33.1 Å². The van der Waals surface area contributed by atoms with Crippen LogP contribution >= 0.6 is 0 Å². The summed E-state index contributed by atoms with van der Waals surface area (Å²) in [5.74, 6) is -1.10. The molecule has 1 unspecified atom stereocenters. The fraction of sp³-hybridized carbons (Fsp3) is 0.214.